The number of anilines is 2. The molecule has 3 aromatic carbocycles. The lowest BCUT2D eigenvalue weighted by Crippen LogP contribution is -1.99. The van der Waals surface area contributed by atoms with Crippen LogP contribution in [0.4, 0.5) is 11.6 Å². The van der Waals surface area contributed by atoms with Gasteiger partial charge in [-0.2, -0.15) is 0 Å². The topological polar surface area (TPSA) is 37.8 Å². The summed E-state index contributed by atoms with van der Waals surface area (Å²) < 4.78 is 0. The molecule has 3 heteroatoms. The van der Waals surface area contributed by atoms with Crippen LogP contribution in [0.15, 0.2) is 60.7 Å². The van der Waals surface area contributed by atoms with Crippen LogP contribution < -0.4 is 5.32 Å². The number of benzene rings is 3. The van der Waals surface area contributed by atoms with Crippen LogP contribution in [0.2, 0.25) is 0 Å². The van der Waals surface area contributed by atoms with Crippen LogP contribution in [0.25, 0.3) is 21.5 Å². The van der Waals surface area contributed by atoms with E-state index >= 15 is 0 Å². The van der Waals surface area contributed by atoms with Crippen molar-refractivity contribution in [1.29, 1.82) is 0 Å². The zero-order chi connectivity index (χ0) is 15.8. The second-order valence-electron chi connectivity index (χ2n) is 5.86. The van der Waals surface area contributed by atoms with E-state index in [4.69, 9.17) is 0 Å². The maximum absolute atomic E-state index is 4.44. The first-order valence-corrected chi connectivity index (χ1v) is 7.69. The minimum absolute atomic E-state index is 0.641. The van der Waals surface area contributed by atoms with Gasteiger partial charge in [0.2, 0.25) is 5.95 Å². The van der Waals surface area contributed by atoms with E-state index in [1.54, 1.807) is 0 Å². The summed E-state index contributed by atoms with van der Waals surface area (Å²) in [5, 5.41) is 8.25. The molecule has 0 amide bonds. The lowest BCUT2D eigenvalue weighted by Gasteiger charge is -2.08. The smallest absolute Gasteiger partial charge is 0.227 e. The highest BCUT2D eigenvalue weighted by Crippen LogP contribution is 2.26. The van der Waals surface area contributed by atoms with Crippen molar-refractivity contribution in [1.82, 2.24) is 9.97 Å². The molecule has 0 atom stereocenters. The van der Waals surface area contributed by atoms with E-state index in [9.17, 15) is 0 Å². The quantitative estimate of drug-likeness (QED) is 0.520. The number of aryl methyl sites for hydroxylation is 2. The molecule has 3 nitrogen and oxygen atoms in total. The fraction of sp³-hybridized carbons (Fsp3) is 0.100. The molecule has 0 saturated heterocycles. The largest absolute Gasteiger partial charge is 0.324 e. The van der Waals surface area contributed by atoms with Gasteiger partial charge >= 0.3 is 0 Å². The SMILES string of the molecule is Cc1cc(C)nc(Nc2ccc3cc4ccccc4cc3c2)n1. The Kier molecular flexibility index (Phi) is 3.19. The monoisotopic (exact) mass is 299 g/mol. The Balaban J connectivity index is 1.77. The molecule has 1 heterocycles. The predicted molar refractivity (Wildman–Crippen MR) is 96.2 cm³/mol. The van der Waals surface area contributed by atoms with Crippen LogP contribution >= 0.6 is 0 Å². The van der Waals surface area contributed by atoms with Gasteiger partial charge in [-0.1, -0.05) is 30.3 Å². The third-order valence-corrected chi connectivity index (χ3v) is 3.94. The average molecular weight is 299 g/mol. The molecule has 4 aromatic rings. The third-order valence-electron chi connectivity index (χ3n) is 3.94. The third kappa shape index (κ3) is 2.73. The first kappa shape index (κ1) is 13.7. The van der Waals surface area contributed by atoms with Crippen LogP contribution in [-0.4, -0.2) is 9.97 Å². The van der Waals surface area contributed by atoms with Gasteiger partial charge in [-0.05, 0) is 65.7 Å². The molecule has 0 aliphatic rings. The van der Waals surface area contributed by atoms with Crippen molar-refractivity contribution >= 4 is 33.2 Å². The van der Waals surface area contributed by atoms with Gasteiger partial charge in [0.25, 0.3) is 0 Å². The molecule has 23 heavy (non-hydrogen) atoms. The van der Waals surface area contributed by atoms with Crippen LogP contribution in [0, 0.1) is 13.8 Å². The molecular formula is C20H17N3. The van der Waals surface area contributed by atoms with Crippen LogP contribution in [0.5, 0.6) is 0 Å². The molecule has 1 aromatic heterocycles. The van der Waals surface area contributed by atoms with E-state index in [-0.39, 0.29) is 0 Å². The first-order chi connectivity index (χ1) is 11.2. The summed E-state index contributed by atoms with van der Waals surface area (Å²) >= 11 is 0. The van der Waals surface area contributed by atoms with Crippen LogP contribution in [0.3, 0.4) is 0 Å². The summed E-state index contributed by atoms with van der Waals surface area (Å²) in [5.41, 5.74) is 2.93. The van der Waals surface area contributed by atoms with E-state index in [2.05, 4.69) is 69.9 Å². The molecule has 0 spiro atoms. The molecule has 4 rings (SSSR count). The summed E-state index contributed by atoms with van der Waals surface area (Å²) in [6, 6.07) is 21.2. The van der Waals surface area contributed by atoms with Gasteiger partial charge in [-0.25, -0.2) is 9.97 Å². The number of nitrogens with one attached hydrogen (secondary N) is 1. The Morgan fingerprint density at radius 2 is 1.26 bits per heavy atom. The Morgan fingerprint density at radius 3 is 1.96 bits per heavy atom. The molecule has 0 bridgehead atoms. The van der Waals surface area contributed by atoms with Crippen molar-refractivity contribution in [2.75, 3.05) is 5.32 Å². The zero-order valence-corrected chi connectivity index (χ0v) is 13.2. The van der Waals surface area contributed by atoms with Gasteiger partial charge in [0.15, 0.2) is 0 Å². The Labute approximate surface area is 135 Å². The maximum Gasteiger partial charge on any atom is 0.227 e. The van der Waals surface area contributed by atoms with Crippen molar-refractivity contribution in [2.24, 2.45) is 0 Å². The lowest BCUT2D eigenvalue weighted by atomic mass is 10.0. The predicted octanol–water partition coefficient (Wildman–Crippen LogP) is 5.14. The van der Waals surface area contributed by atoms with Gasteiger partial charge in [0.05, 0.1) is 0 Å². The molecule has 112 valence electrons. The number of rotatable bonds is 2. The van der Waals surface area contributed by atoms with Gasteiger partial charge in [0.1, 0.15) is 0 Å². The lowest BCUT2D eigenvalue weighted by molar-refractivity contribution is 1.06. The normalized spacial score (nSPS) is 11.0. The number of hydrogen-bond acceptors (Lipinski definition) is 3. The van der Waals surface area contributed by atoms with Gasteiger partial charge in [-0.15, -0.1) is 0 Å². The number of nitrogens with zero attached hydrogens (tertiary/aromatic N) is 2. The van der Waals surface area contributed by atoms with E-state index < -0.39 is 0 Å². The van der Waals surface area contributed by atoms with Crippen molar-refractivity contribution in [3.05, 3.63) is 72.1 Å². The summed E-state index contributed by atoms with van der Waals surface area (Å²) in [4.78, 5) is 8.87. The second kappa shape index (κ2) is 5.36. The van der Waals surface area contributed by atoms with E-state index in [1.165, 1.54) is 21.5 Å². The molecule has 0 aliphatic carbocycles. The van der Waals surface area contributed by atoms with Crippen molar-refractivity contribution in [2.45, 2.75) is 13.8 Å². The molecule has 0 fully saturated rings. The zero-order valence-electron chi connectivity index (χ0n) is 13.2. The van der Waals surface area contributed by atoms with Crippen LogP contribution in [-0.2, 0) is 0 Å². The van der Waals surface area contributed by atoms with E-state index in [0.717, 1.165) is 17.1 Å². The van der Waals surface area contributed by atoms with E-state index in [1.807, 2.05) is 19.9 Å². The highest BCUT2D eigenvalue weighted by molar-refractivity contribution is 5.99. The fourth-order valence-electron chi connectivity index (χ4n) is 2.93. The second-order valence-corrected chi connectivity index (χ2v) is 5.86. The number of fused-ring (bicyclic) bond motifs is 2. The highest BCUT2D eigenvalue weighted by Gasteiger charge is 2.03. The molecule has 1 N–H and O–H groups in total. The number of hydrogen-bond donors (Lipinski definition) is 1. The Hall–Kier alpha value is -2.94. The first-order valence-electron chi connectivity index (χ1n) is 7.69. The Morgan fingerprint density at radius 1 is 0.652 bits per heavy atom. The minimum Gasteiger partial charge on any atom is -0.324 e. The summed E-state index contributed by atoms with van der Waals surface area (Å²) in [6.45, 7) is 3.96. The molecular weight excluding hydrogens is 282 g/mol. The maximum atomic E-state index is 4.44. The fourth-order valence-corrected chi connectivity index (χ4v) is 2.93. The van der Waals surface area contributed by atoms with Gasteiger partial charge in [0, 0.05) is 17.1 Å². The molecule has 0 aliphatic heterocycles. The standard InChI is InChI=1S/C20H17N3/c1-13-9-14(2)22-20(21-13)23-19-8-7-17-10-15-5-3-4-6-16(15)11-18(17)12-19/h3-12H,1-2H3,(H,21,22,23). The van der Waals surface area contributed by atoms with Crippen molar-refractivity contribution in [3.63, 3.8) is 0 Å². The molecule has 0 unspecified atom stereocenters. The average Bonchev–Trinajstić information content (AvgIpc) is 2.52. The summed E-state index contributed by atoms with van der Waals surface area (Å²) in [5.74, 6) is 0.641. The minimum atomic E-state index is 0.641. The highest BCUT2D eigenvalue weighted by atomic mass is 15.1. The number of aromatic nitrogens is 2. The molecule has 0 saturated carbocycles. The van der Waals surface area contributed by atoms with Crippen LogP contribution in [0.1, 0.15) is 11.4 Å². The Bertz CT molecular complexity index is 1000. The summed E-state index contributed by atoms with van der Waals surface area (Å²) in [7, 11) is 0. The van der Waals surface area contributed by atoms with E-state index in [0.29, 0.717) is 5.95 Å². The summed E-state index contributed by atoms with van der Waals surface area (Å²) in [6.07, 6.45) is 0. The molecule has 0 radical (unpaired) electrons. The van der Waals surface area contributed by atoms with Crippen molar-refractivity contribution in [3.8, 4) is 0 Å². The van der Waals surface area contributed by atoms with Gasteiger partial charge < -0.3 is 5.32 Å². The van der Waals surface area contributed by atoms with Crippen molar-refractivity contribution < 1.29 is 0 Å². The van der Waals surface area contributed by atoms with Gasteiger partial charge in [-0.3, -0.25) is 0 Å².